The average Bonchev–Trinajstić information content (AvgIpc) is 2.27. The van der Waals surface area contributed by atoms with Gasteiger partial charge in [-0.05, 0) is 19.9 Å². The summed E-state index contributed by atoms with van der Waals surface area (Å²) in [6.45, 7) is 4.03. The van der Waals surface area contributed by atoms with Gasteiger partial charge in [-0.1, -0.05) is 5.57 Å². The van der Waals surface area contributed by atoms with Gasteiger partial charge in [0.2, 0.25) is 0 Å². The summed E-state index contributed by atoms with van der Waals surface area (Å²) in [4.78, 5) is 12.6. The second-order valence-corrected chi connectivity index (χ2v) is 3.20. The van der Waals surface area contributed by atoms with Gasteiger partial charge in [0, 0.05) is 12.6 Å². The second kappa shape index (κ2) is 3.09. The van der Waals surface area contributed by atoms with E-state index in [-0.39, 0.29) is 0 Å². The van der Waals surface area contributed by atoms with Crippen molar-refractivity contribution in [3.63, 3.8) is 0 Å². The maximum absolute atomic E-state index is 4.33. The first-order valence-electron chi connectivity index (χ1n) is 4.28. The van der Waals surface area contributed by atoms with Crippen LogP contribution in [0.2, 0.25) is 0 Å². The van der Waals surface area contributed by atoms with Crippen molar-refractivity contribution in [1.82, 2.24) is 9.97 Å². The number of rotatable bonds is 0. The lowest BCUT2D eigenvalue weighted by atomic mass is 10.2. The molecule has 13 heavy (non-hydrogen) atoms. The van der Waals surface area contributed by atoms with Crippen LogP contribution in [0.3, 0.4) is 0 Å². The third-order valence-corrected chi connectivity index (χ3v) is 2.05. The van der Waals surface area contributed by atoms with Crippen molar-refractivity contribution in [1.29, 1.82) is 0 Å². The van der Waals surface area contributed by atoms with Crippen molar-refractivity contribution in [3.05, 3.63) is 23.3 Å². The lowest BCUT2D eigenvalue weighted by Crippen LogP contribution is -1.88. The van der Waals surface area contributed by atoms with Gasteiger partial charge in [0.1, 0.15) is 12.0 Å². The van der Waals surface area contributed by atoms with E-state index in [0.717, 1.165) is 23.5 Å². The fourth-order valence-corrected chi connectivity index (χ4v) is 1.32. The summed E-state index contributed by atoms with van der Waals surface area (Å²) in [5.41, 5.74) is 4.05. The minimum absolute atomic E-state index is 0.899. The lowest BCUT2D eigenvalue weighted by molar-refractivity contribution is 1.08. The summed E-state index contributed by atoms with van der Waals surface area (Å²) in [7, 11) is 0. The molecule has 0 unspecified atom stereocenters. The van der Waals surface area contributed by atoms with Crippen LogP contribution >= 0.6 is 0 Å². The Balaban J connectivity index is 2.64. The van der Waals surface area contributed by atoms with Crippen LogP contribution in [0.4, 0.5) is 5.69 Å². The van der Waals surface area contributed by atoms with Crippen molar-refractivity contribution in [3.8, 4) is 0 Å². The van der Waals surface area contributed by atoms with Crippen LogP contribution in [0, 0.1) is 6.92 Å². The number of nitrogens with zero attached hydrogens (tertiary/aromatic N) is 3. The fourth-order valence-electron chi connectivity index (χ4n) is 1.32. The lowest BCUT2D eigenvalue weighted by Gasteiger charge is -2.00. The summed E-state index contributed by atoms with van der Waals surface area (Å²) in [5.74, 6) is 0. The SMILES string of the molecule is CC1=Cc2ncnc(C)c2N=CC1. The molecular weight excluding hydrogens is 162 g/mol. The van der Waals surface area contributed by atoms with Gasteiger partial charge in [0.15, 0.2) is 0 Å². The average molecular weight is 173 g/mol. The molecule has 3 nitrogen and oxygen atoms in total. The summed E-state index contributed by atoms with van der Waals surface area (Å²) in [6, 6.07) is 0. The zero-order chi connectivity index (χ0) is 9.26. The molecule has 66 valence electrons. The Morgan fingerprint density at radius 3 is 2.92 bits per heavy atom. The van der Waals surface area contributed by atoms with Crippen LogP contribution in [0.1, 0.15) is 24.7 Å². The Hall–Kier alpha value is -1.51. The van der Waals surface area contributed by atoms with E-state index in [1.54, 1.807) is 6.33 Å². The smallest absolute Gasteiger partial charge is 0.116 e. The minimum atomic E-state index is 0.899. The number of fused-ring (bicyclic) bond motifs is 1. The van der Waals surface area contributed by atoms with Crippen molar-refractivity contribution in [2.45, 2.75) is 20.3 Å². The minimum Gasteiger partial charge on any atom is -0.257 e. The highest BCUT2D eigenvalue weighted by molar-refractivity contribution is 5.76. The van der Waals surface area contributed by atoms with Crippen LogP contribution < -0.4 is 0 Å². The van der Waals surface area contributed by atoms with Crippen molar-refractivity contribution < 1.29 is 0 Å². The van der Waals surface area contributed by atoms with Gasteiger partial charge >= 0.3 is 0 Å². The molecule has 0 saturated carbocycles. The number of hydrogen-bond donors (Lipinski definition) is 0. The molecule has 3 heteroatoms. The van der Waals surface area contributed by atoms with Crippen LogP contribution in [0.5, 0.6) is 0 Å². The fraction of sp³-hybridized carbons (Fsp3) is 0.300. The molecule has 0 amide bonds. The second-order valence-electron chi connectivity index (χ2n) is 3.20. The zero-order valence-electron chi connectivity index (χ0n) is 7.78. The molecule has 2 heterocycles. The van der Waals surface area contributed by atoms with Gasteiger partial charge in [0.05, 0.1) is 11.4 Å². The van der Waals surface area contributed by atoms with E-state index in [1.165, 1.54) is 5.57 Å². The molecule has 0 aliphatic carbocycles. The predicted molar refractivity (Wildman–Crippen MR) is 53.2 cm³/mol. The van der Waals surface area contributed by atoms with E-state index < -0.39 is 0 Å². The van der Waals surface area contributed by atoms with E-state index in [1.807, 2.05) is 13.1 Å². The van der Waals surface area contributed by atoms with Crippen molar-refractivity contribution in [2.75, 3.05) is 0 Å². The first-order chi connectivity index (χ1) is 6.27. The van der Waals surface area contributed by atoms with E-state index >= 15 is 0 Å². The first-order valence-corrected chi connectivity index (χ1v) is 4.28. The van der Waals surface area contributed by atoms with E-state index in [4.69, 9.17) is 0 Å². The quantitative estimate of drug-likeness (QED) is 0.603. The Labute approximate surface area is 77.3 Å². The molecule has 0 fully saturated rings. The molecule has 0 radical (unpaired) electrons. The van der Waals surface area contributed by atoms with Gasteiger partial charge in [-0.25, -0.2) is 9.97 Å². The maximum atomic E-state index is 4.33. The third-order valence-electron chi connectivity index (χ3n) is 2.05. The van der Waals surface area contributed by atoms with Gasteiger partial charge in [-0.2, -0.15) is 0 Å². The maximum Gasteiger partial charge on any atom is 0.116 e. The molecule has 0 atom stereocenters. The van der Waals surface area contributed by atoms with Gasteiger partial charge in [-0.3, -0.25) is 4.99 Å². The van der Waals surface area contributed by atoms with Gasteiger partial charge < -0.3 is 0 Å². The normalized spacial score (nSPS) is 14.8. The van der Waals surface area contributed by atoms with E-state index in [2.05, 4.69) is 28.0 Å². The molecule has 1 aliphatic rings. The summed E-state index contributed by atoms with van der Waals surface area (Å²) in [5, 5.41) is 0. The Morgan fingerprint density at radius 2 is 2.08 bits per heavy atom. The summed E-state index contributed by atoms with van der Waals surface area (Å²) < 4.78 is 0. The standard InChI is InChI=1S/C10H11N3/c1-7-3-4-11-10-8(2)12-6-13-9(10)5-7/h4-6H,3H2,1-2H3. The molecule has 1 aromatic heterocycles. The number of hydrogen-bond acceptors (Lipinski definition) is 3. The summed E-state index contributed by atoms with van der Waals surface area (Å²) in [6.07, 6.45) is 6.46. The van der Waals surface area contributed by atoms with Gasteiger partial charge in [0.25, 0.3) is 0 Å². The molecule has 1 aromatic rings. The first kappa shape index (κ1) is 8.10. The molecule has 0 N–H and O–H groups in total. The highest BCUT2D eigenvalue weighted by Gasteiger charge is 2.06. The number of aromatic nitrogens is 2. The predicted octanol–water partition coefficient (Wildman–Crippen LogP) is 2.29. The van der Waals surface area contributed by atoms with Crippen molar-refractivity contribution in [2.24, 2.45) is 4.99 Å². The van der Waals surface area contributed by atoms with Crippen molar-refractivity contribution >= 4 is 18.0 Å². The zero-order valence-corrected chi connectivity index (χ0v) is 7.78. The third kappa shape index (κ3) is 1.49. The number of allylic oxidation sites excluding steroid dienone is 1. The largest absolute Gasteiger partial charge is 0.257 e. The highest BCUT2D eigenvalue weighted by atomic mass is 14.9. The molecule has 0 saturated heterocycles. The van der Waals surface area contributed by atoms with Crippen LogP contribution in [-0.2, 0) is 0 Å². The van der Waals surface area contributed by atoms with Crippen LogP contribution in [0.15, 0.2) is 16.9 Å². The molecule has 2 rings (SSSR count). The monoisotopic (exact) mass is 173 g/mol. The topological polar surface area (TPSA) is 38.1 Å². The highest BCUT2D eigenvalue weighted by Crippen LogP contribution is 2.24. The number of aryl methyl sites for hydroxylation is 1. The molecule has 0 spiro atoms. The Morgan fingerprint density at radius 1 is 1.23 bits per heavy atom. The van der Waals surface area contributed by atoms with Crippen LogP contribution in [0.25, 0.3) is 6.08 Å². The molecular formula is C10H11N3. The van der Waals surface area contributed by atoms with Gasteiger partial charge in [-0.15, -0.1) is 0 Å². The molecule has 0 bridgehead atoms. The van der Waals surface area contributed by atoms with E-state index in [0.29, 0.717) is 0 Å². The molecule has 0 aromatic carbocycles. The molecule has 1 aliphatic heterocycles. The Bertz CT molecular complexity index is 391. The van der Waals surface area contributed by atoms with Crippen LogP contribution in [-0.4, -0.2) is 16.2 Å². The Kier molecular flexibility index (Phi) is 1.93. The number of aliphatic imine (C=N–C) groups is 1. The van der Waals surface area contributed by atoms with E-state index in [9.17, 15) is 0 Å². The summed E-state index contributed by atoms with van der Waals surface area (Å²) >= 11 is 0.